The molecule has 0 radical (unpaired) electrons. The van der Waals surface area contributed by atoms with E-state index in [9.17, 15) is 13.6 Å². The van der Waals surface area contributed by atoms with Gasteiger partial charge in [0.15, 0.2) is 0 Å². The summed E-state index contributed by atoms with van der Waals surface area (Å²) in [6.45, 7) is -0.487. The van der Waals surface area contributed by atoms with Gasteiger partial charge in [-0.2, -0.15) is 0 Å². The Balaban J connectivity index is 3.29. The van der Waals surface area contributed by atoms with Gasteiger partial charge >= 0.3 is 0 Å². The van der Waals surface area contributed by atoms with Crippen LogP contribution in [-0.4, -0.2) is 10.1 Å². The highest BCUT2D eigenvalue weighted by molar-refractivity contribution is 9.10. The molecule has 0 fully saturated rings. The second-order valence-electron chi connectivity index (χ2n) is 2.34. The first-order valence-electron chi connectivity index (χ1n) is 3.37. The fraction of sp³-hybridized carbons (Fsp3) is 0.286. The molecular formula is C7H6BrF2NO2. The van der Waals surface area contributed by atoms with Crippen LogP contribution in [-0.2, 0) is 6.61 Å². The molecular weight excluding hydrogens is 248 g/mol. The molecule has 1 heterocycles. The Kier molecular flexibility index (Phi) is 3.16. The summed E-state index contributed by atoms with van der Waals surface area (Å²) in [5.74, 6) is 0. The zero-order valence-electron chi connectivity index (χ0n) is 6.35. The van der Waals surface area contributed by atoms with E-state index < -0.39 is 24.3 Å². The molecule has 1 aromatic heterocycles. The van der Waals surface area contributed by atoms with Crippen molar-refractivity contribution in [2.45, 2.75) is 13.0 Å². The number of alkyl halides is 2. The zero-order chi connectivity index (χ0) is 10.0. The average molecular weight is 254 g/mol. The summed E-state index contributed by atoms with van der Waals surface area (Å²) in [6.07, 6.45) is -2.73. The van der Waals surface area contributed by atoms with E-state index in [1.54, 1.807) is 0 Å². The second kappa shape index (κ2) is 3.97. The van der Waals surface area contributed by atoms with Crippen molar-refractivity contribution in [3.8, 4) is 0 Å². The van der Waals surface area contributed by atoms with Crippen molar-refractivity contribution in [2.75, 3.05) is 0 Å². The first kappa shape index (κ1) is 10.3. The van der Waals surface area contributed by atoms with Gasteiger partial charge in [0.25, 0.3) is 12.0 Å². The predicted molar refractivity (Wildman–Crippen MR) is 45.6 cm³/mol. The number of aromatic amines is 1. The molecule has 0 unspecified atom stereocenters. The molecule has 13 heavy (non-hydrogen) atoms. The Bertz CT molecular complexity index is 364. The van der Waals surface area contributed by atoms with Crippen LogP contribution in [0.15, 0.2) is 15.3 Å². The lowest BCUT2D eigenvalue weighted by Gasteiger charge is -2.03. The molecule has 1 aromatic rings. The van der Waals surface area contributed by atoms with Gasteiger partial charge in [0.2, 0.25) is 0 Å². The number of hydrogen-bond donors (Lipinski definition) is 2. The predicted octanol–water partition coefficient (Wildman–Crippen LogP) is 1.57. The molecule has 0 aliphatic carbocycles. The van der Waals surface area contributed by atoms with Crippen LogP contribution in [0.3, 0.4) is 0 Å². The largest absolute Gasteiger partial charge is 0.391 e. The number of aliphatic hydroxyl groups excluding tert-OH is 1. The van der Waals surface area contributed by atoms with Gasteiger partial charge < -0.3 is 10.1 Å². The summed E-state index contributed by atoms with van der Waals surface area (Å²) in [6, 6.07) is 1.08. The number of H-pyrrole nitrogens is 1. The van der Waals surface area contributed by atoms with Gasteiger partial charge in [0.05, 0.1) is 17.9 Å². The van der Waals surface area contributed by atoms with Gasteiger partial charge in [-0.15, -0.1) is 0 Å². The standard InChI is InChI=1S/C7H6BrF2NO2/c8-4-1-5(6(9)10)11-7(13)3(4)2-12/h1,6,12H,2H2,(H,11,13). The maximum atomic E-state index is 12.1. The molecule has 0 bridgehead atoms. The van der Waals surface area contributed by atoms with Crippen molar-refractivity contribution < 1.29 is 13.9 Å². The normalized spacial score (nSPS) is 10.8. The minimum absolute atomic E-state index is 0.0457. The summed E-state index contributed by atoms with van der Waals surface area (Å²) < 4.78 is 24.4. The summed E-state index contributed by atoms with van der Waals surface area (Å²) in [5.41, 5.74) is -1.12. The SMILES string of the molecule is O=c1[nH]c(C(F)F)cc(Br)c1CO. The number of halogens is 3. The third-order valence-corrected chi connectivity index (χ3v) is 2.20. The van der Waals surface area contributed by atoms with E-state index in [0.29, 0.717) is 0 Å². The highest BCUT2D eigenvalue weighted by Crippen LogP contribution is 2.20. The molecule has 72 valence electrons. The minimum Gasteiger partial charge on any atom is -0.391 e. The summed E-state index contributed by atoms with van der Waals surface area (Å²) in [4.78, 5) is 13.0. The van der Waals surface area contributed by atoms with Crippen LogP contribution in [0.5, 0.6) is 0 Å². The van der Waals surface area contributed by atoms with Gasteiger partial charge in [-0.1, -0.05) is 15.9 Å². The molecule has 0 atom stereocenters. The van der Waals surface area contributed by atoms with Gasteiger partial charge in [-0.05, 0) is 6.07 Å². The number of pyridine rings is 1. The smallest absolute Gasteiger partial charge is 0.278 e. The molecule has 0 aliphatic heterocycles. The number of hydrogen-bond acceptors (Lipinski definition) is 2. The van der Waals surface area contributed by atoms with Crippen LogP contribution >= 0.6 is 15.9 Å². The molecule has 0 saturated carbocycles. The monoisotopic (exact) mass is 253 g/mol. The third-order valence-electron chi connectivity index (χ3n) is 1.50. The Morgan fingerprint density at radius 1 is 1.62 bits per heavy atom. The van der Waals surface area contributed by atoms with Gasteiger partial charge in [0.1, 0.15) is 0 Å². The Hall–Kier alpha value is -0.750. The quantitative estimate of drug-likeness (QED) is 0.841. The first-order valence-corrected chi connectivity index (χ1v) is 4.16. The summed E-state index contributed by atoms with van der Waals surface area (Å²) >= 11 is 2.91. The Morgan fingerprint density at radius 2 is 2.23 bits per heavy atom. The average Bonchev–Trinajstić information content (AvgIpc) is 2.03. The second-order valence-corrected chi connectivity index (χ2v) is 3.19. The van der Waals surface area contributed by atoms with Crippen LogP contribution in [0.25, 0.3) is 0 Å². The van der Waals surface area contributed by atoms with E-state index in [-0.39, 0.29) is 10.0 Å². The highest BCUT2D eigenvalue weighted by Gasteiger charge is 2.12. The molecule has 3 nitrogen and oxygen atoms in total. The van der Waals surface area contributed by atoms with Crippen molar-refractivity contribution in [3.05, 3.63) is 32.2 Å². The van der Waals surface area contributed by atoms with E-state index in [0.717, 1.165) is 6.07 Å². The molecule has 0 amide bonds. The maximum absolute atomic E-state index is 12.1. The van der Waals surface area contributed by atoms with Crippen LogP contribution in [0, 0.1) is 0 Å². The summed E-state index contributed by atoms with van der Waals surface area (Å²) in [5, 5.41) is 8.69. The number of aliphatic hydroxyl groups is 1. The molecule has 1 rings (SSSR count). The fourth-order valence-corrected chi connectivity index (χ4v) is 1.39. The zero-order valence-corrected chi connectivity index (χ0v) is 7.94. The van der Waals surface area contributed by atoms with Crippen LogP contribution in [0.1, 0.15) is 17.7 Å². The van der Waals surface area contributed by atoms with Crippen LogP contribution in [0.4, 0.5) is 8.78 Å². The van der Waals surface area contributed by atoms with Gasteiger partial charge in [0, 0.05) is 4.47 Å². The maximum Gasteiger partial charge on any atom is 0.278 e. The van der Waals surface area contributed by atoms with E-state index in [1.807, 2.05) is 4.98 Å². The molecule has 0 spiro atoms. The minimum atomic E-state index is -2.73. The van der Waals surface area contributed by atoms with Crippen molar-refractivity contribution in [3.63, 3.8) is 0 Å². The topological polar surface area (TPSA) is 53.1 Å². The molecule has 6 heteroatoms. The molecule has 0 aromatic carbocycles. The van der Waals surface area contributed by atoms with Crippen molar-refractivity contribution in [1.29, 1.82) is 0 Å². The molecule has 0 saturated heterocycles. The Morgan fingerprint density at radius 3 is 2.62 bits per heavy atom. The van der Waals surface area contributed by atoms with Crippen molar-refractivity contribution in [2.24, 2.45) is 0 Å². The first-order chi connectivity index (χ1) is 6.06. The lowest BCUT2D eigenvalue weighted by atomic mass is 10.2. The fourth-order valence-electron chi connectivity index (χ4n) is 0.840. The van der Waals surface area contributed by atoms with Gasteiger partial charge in [-0.25, -0.2) is 8.78 Å². The van der Waals surface area contributed by atoms with E-state index >= 15 is 0 Å². The lowest BCUT2D eigenvalue weighted by Crippen LogP contribution is -2.15. The number of rotatable bonds is 2. The number of nitrogens with one attached hydrogen (secondary N) is 1. The van der Waals surface area contributed by atoms with Crippen molar-refractivity contribution in [1.82, 2.24) is 4.98 Å². The Labute approximate surface area is 80.5 Å². The van der Waals surface area contributed by atoms with E-state index in [4.69, 9.17) is 5.11 Å². The van der Waals surface area contributed by atoms with Gasteiger partial charge in [-0.3, -0.25) is 4.79 Å². The lowest BCUT2D eigenvalue weighted by molar-refractivity contribution is 0.145. The molecule has 2 N–H and O–H groups in total. The summed E-state index contributed by atoms with van der Waals surface area (Å²) in [7, 11) is 0. The van der Waals surface area contributed by atoms with E-state index in [2.05, 4.69) is 15.9 Å². The van der Waals surface area contributed by atoms with E-state index in [1.165, 1.54) is 0 Å². The van der Waals surface area contributed by atoms with Crippen LogP contribution < -0.4 is 5.56 Å². The highest BCUT2D eigenvalue weighted by atomic mass is 79.9. The number of aromatic nitrogens is 1. The molecule has 0 aliphatic rings. The van der Waals surface area contributed by atoms with Crippen LogP contribution in [0.2, 0.25) is 0 Å². The third kappa shape index (κ3) is 2.13. The van der Waals surface area contributed by atoms with Crippen molar-refractivity contribution >= 4 is 15.9 Å².